The number of rotatable bonds is 9. The molecule has 0 aliphatic rings. The Kier molecular flexibility index (Phi) is 7.13. The second kappa shape index (κ2) is 9.63. The minimum Gasteiger partial charge on any atom is -0.484 e. The number of aryl methyl sites for hydroxylation is 1. The normalized spacial score (nSPS) is 10.1. The number of nitrogens with one attached hydrogen (secondary N) is 2. The summed E-state index contributed by atoms with van der Waals surface area (Å²) in [6.07, 6.45) is 1.21. The molecule has 0 saturated carbocycles. The highest BCUT2D eigenvalue weighted by atomic mass is 32.1. The van der Waals surface area contributed by atoms with Crippen LogP contribution in [0.1, 0.15) is 11.3 Å². The van der Waals surface area contributed by atoms with Gasteiger partial charge in [-0.15, -0.1) is 11.3 Å². The number of benzene rings is 1. The van der Waals surface area contributed by atoms with Crippen LogP contribution in [0.5, 0.6) is 5.75 Å². The molecule has 2 amide bonds. The number of amides is 2. The van der Waals surface area contributed by atoms with Gasteiger partial charge < -0.3 is 15.4 Å². The molecular formula is C17H20N2O3S. The Morgan fingerprint density at radius 3 is 2.39 bits per heavy atom. The summed E-state index contributed by atoms with van der Waals surface area (Å²) in [5.41, 5.74) is 0. The second-order valence-corrected chi connectivity index (χ2v) is 5.91. The molecule has 23 heavy (non-hydrogen) atoms. The topological polar surface area (TPSA) is 67.4 Å². The van der Waals surface area contributed by atoms with Crippen LogP contribution in [-0.4, -0.2) is 31.5 Å². The highest BCUT2D eigenvalue weighted by molar-refractivity contribution is 7.09. The first kappa shape index (κ1) is 17.0. The summed E-state index contributed by atoms with van der Waals surface area (Å²) in [5, 5.41) is 7.49. The van der Waals surface area contributed by atoms with E-state index in [0.29, 0.717) is 25.3 Å². The van der Waals surface area contributed by atoms with Gasteiger partial charge in [0.15, 0.2) is 6.61 Å². The SMILES string of the molecule is O=C(CCc1cccs1)NCCNC(=O)COc1ccccc1. The minimum absolute atomic E-state index is 0.00631. The van der Waals surface area contributed by atoms with E-state index in [4.69, 9.17) is 4.74 Å². The van der Waals surface area contributed by atoms with Crippen LogP contribution in [0.4, 0.5) is 0 Å². The lowest BCUT2D eigenvalue weighted by molar-refractivity contribution is -0.124. The predicted octanol–water partition coefficient (Wildman–Crippen LogP) is 1.99. The van der Waals surface area contributed by atoms with Crippen molar-refractivity contribution < 1.29 is 14.3 Å². The van der Waals surface area contributed by atoms with Gasteiger partial charge in [-0.3, -0.25) is 9.59 Å². The molecule has 2 N–H and O–H groups in total. The molecule has 0 saturated heterocycles. The summed E-state index contributed by atoms with van der Waals surface area (Å²) in [7, 11) is 0. The van der Waals surface area contributed by atoms with Crippen LogP contribution in [0, 0.1) is 0 Å². The maximum Gasteiger partial charge on any atom is 0.258 e. The summed E-state index contributed by atoms with van der Waals surface area (Å²) >= 11 is 1.65. The van der Waals surface area contributed by atoms with E-state index >= 15 is 0 Å². The third kappa shape index (κ3) is 6.97. The van der Waals surface area contributed by atoms with E-state index in [0.717, 1.165) is 6.42 Å². The van der Waals surface area contributed by atoms with Crippen LogP contribution in [0.3, 0.4) is 0 Å². The zero-order chi connectivity index (χ0) is 16.3. The third-order valence-corrected chi connectivity index (χ3v) is 4.00. The molecule has 0 aliphatic heterocycles. The van der Waals surface area contributed by atoms with Crippen molar-refractivity contribution in [2.24, 2.45) is 0 Å². The van der Waals surface area contributed by atoms with E-state index in [1.165, 1.54) is 4.88 Å². The molecule has 0 unspecified atom stereocenters. The van der Waals surface area contributed by atoms with Crippen LogP contribution in [0.2, 0.25) is 0 Å². The monoisotopic (exact) mass is 332 g/mol. The molecule has 122 valence electrons. The lowest BCUT2D eigenvalue weighted by Crippen LogP contribution is -2.36. The highest BCUT2D eigenvalue weighted by Gasteiger charge is 2.04. The van der Waals surface area contributed by atoms with Gasteiger partial charge >= 0.3 is 0 Å². The van der Waals surface area contributed by atoms with Crippen molar-refractivity contribution in [3.8, 4) is 5.75 Å². The van der Waals surface area contributed by atoms with Crippen LogP contribution >= 0.6 is 11.3 Å². The Hall–Kier alpha value is -2.34. The molecule has 0 aliphatic carbocycles. The Labute approximate surface area is 139 Å². The summed E-state index contributed by atoms with van der Waals surface area (Å²) in [6, 6.07) is 13.2. The van der Waals surface area contributed by atoms with Gasteiger partial charge in [-0.2, -0.15) is 0 Å². The molecule has 0 bridgehead atoms. The number of thiophene rings is 1. The Morgan fingerprint density at radius 1 is 0.957 bits per heavy atom. The lowest BCUT2D eigenvalue weighted by atomic mass is 10.2. The first-order valence-corrected chi connectivity index (χ1v) is 8.35. The molecule has 0 atom stereocenters. The van der Waals surface area contributed by atoms with Gasteiger partial charge in [0.05, 0.1) is 0 Å². The molecular weight excluding hydrogens is 312 g/mol. The average Bonchev–Trinajstić information content (AvgIpc) is 3.09. The fourth-order valence-corrected chi connectivity index (χ4v) is 2.61. The van der Waals surface area contributed by atoms with Gasteiger partial charge in [0, 0.05) is 24.4 Å². The first-order chi connectivity index (χ1) is 11.2. The molecule has 1 aromatic heterocycles. The predicted molar refractivity (Wildman–Crippen MR) is 90.6 cm³/mol. The van der Waals surface area contributed by atoms with Crippen molar-refractivity contribution in [1.29, 1.82) is 0 Å². The molecule has 2 aromatic rings. The standard InChI is InChI=1S/C17H20N2O3S/c20-16(9-8-15-7-4-12-23-15)18-10-11-19-17(21)13-22-14-5-2-1-3-6-14/h1-7,12H,8-11,13H2,(H,18,20)(H,19,21). The lowest BCUT2D eigenvalue weighted by Gasteiger charge is -2.08. The van der Waals surface area contributed by atoms with Crippen LogP contribution in [-0.2, 0) is 16.0 Å². The summed E-state index contributed by atoms with van der Waals surface area (Å²) in [4.78, 5) is 24.4. The molecule has 1 aromatic carbocycles. The van der Waals surface area contributed by atoms with Gasteiger partial charge in [0.2, 0.25) is 5.91 Å². The van der Waals surface area contributed by atoms with Crippen LogP contribution in [0.15, 0.2) is 47.8 Å². The van der Waals surface area contributed by atoms with Crippen molar-refractivity contribution in [2.45, 2.75) is 12.8 Å². The zero-order valence-corrected chi connectivity index (χ0v) is 13.6. The molecule has 0 fully saturated rings. The van der Waals surface area contributed by atoms with E-state index < -0.39 is 0 Å². The summed E-state index contributed by atoms with van der Waals surface area (Å²) < 4.78 is 5.33. The molecule has 6 heteroatoms. The van der Waals surface area contributed by atoms with E-state index in [1.54, 1.807) is 23.5 Å². The van der Waals surface area contributed by atoms with Crippen molar-refractivity contribution in [2.75, 3.05) is 19.7 Å². The number of ether oxygens (including phenoxy) is 1. The van der Waals surface area contributed by atoms with E-state index in [1.807, 2.05) is 35.7 Å². The van der Waals surface area contributed by atoms with Crippen LogP contribution < -0.4 is 15.4 Å². The third-order valence-electron chi connectivity index (χ3n) is 3.06. The Balaban J connectivity index is 1.51. The first-order valence-electron chi connectivity index (χ1n) is 7.47. The fraction of sp³-hybridized carbons (Fsp3) is 0.294. The van der Waals surface area contributed by atoms with Crippen molar-refractivity contribution in [3.05, 3.63) is 52.7 Å². The van der Waals surface area contributed by atoms with Gasteiger partial charge in [0.25, 0.3) is 5.91 Å². The average molecular weight is 332 g/mol. The van der Waals surface area contributed by atoms with Gasteiger partial charge in [-0.25, -0.2) is 0 Å². The smallest absolute Gasteiger partial charge is 0.258 e. The Bertz CT molecular complexity index is 600. The van der Waals surface area contributed by atoms with Crippen LogP contribution in [0.25, 0.3) is 0 Å². The number of hydrogen-bond donors (Lipinski definition) is 2. The minimum atomic E-state index is -0.207. The molecule has 5 nitrogen and oxygen atoms in total. The molecule has 1 heterocycles. The van der Waals surface area contributed by atoms with Gasteiger partial charge in [0.1, 0.15) is 5.75 Å². The number of carbonyl (C=O) groups is 2. The summed E-state index contributed by atoms with van der Waals surface area (Å²) in [6.45, 7) is 0.776. The quantitative estimate of drug-likeness (QED) is 0.690. The van der Waals surface area contributed by atoms with Gasteiger partial charge in [-0.05, 0) is 30.0 Å². The molecule has 0 radical (unpaired) electrons. The molecule has 2 rings (SSSR count). The Morgan fingerprint density at radius 2 is 1.70 bits per heavy atom. The second-order valence-electron chi connectivity index (χ2n) is 4.88. The molecule has 0 spiro atoms. The zero-order valence-electron chi connectivity index (χ0n) is 12.8. The van der Waals surface area contributed by atoms with E-state index in [9.17, 15) is 9.59 Å². The van der Waals surface area contributed by atoms with E-state index in [2.05, 4.69) is 10.6 Å². The number of hydrogen-bond acceptors (Lipinski definition) is 4. The largest absolute Gasteiger partial charge is 0.484 e. The van der Waals surface area contributed by atoms with Crippen molar-refractivity contribution in [3.63, 3.8) is 0 Å². The highest BCUT2D eigenvalue weighted by Crippen LogP contribution is 2.10. The van der Waals surface area contributed by atoms with E-state index in [-0.39, 0.29) is 18.4 Å². The fourth-order valence-electron chi connectivity index (χ4n) is 1.90. The maximum absolute atomic E-state index is 11.6. The summed E-state index contributed by atoms with van der Waals surface area (Å²) in [5.74, 6) is 0.444. The number of para-hydroxylation sites is 1. The maximum atomic E-state index is 11.6. The number of carbonyl (C=O) groups excluding carboxylic acids is 2. The van der Waals surface area contributed by atoms with Crippen molar-refractivity contribution in [1.82, 2.24) is 10.6 Å². The van der Waals surface area contributed by atoms with Crippen molar-refractivity contribution >= 4 is 23.2 Å². The van der Waals surface area contributed by atoms with Gasteiger partial charge in [-0.1, -0.05) is 24.3 Å².